The van der Waals surface area contributed by atoms with Crippen LogP contribution in [0.3, 0.4) is 0 Å². The van der Waals surface area contributed by atoms with E-state index < -0.39 is 0 Å². The molecule has 0 radical (unpaired) electrons. The van der Waals surface area contributed by atoms with Crippen LogP contribution in [-0.2, 0) is 6.42 Å². The Bertz CT molecular complexity index is 1510. The number of fused-ring (bicyclic) bond motifs is 1. The fourth-order valence-corrected chi connectivity index (χ4v) is 5.98. The zero-order chi connectivity index (χ0) is 27.1. The van der Waals surface area contributed by atoms with Gasteiger partial charge < -0.3 is 19.3 Å². The van der Waals surface area contributed by atoms with Crippen LogP contribution in [0.4, 0.5) is 0 Å². The Morgan fingerprint density at radius 1 is 0.800 bits per heavy atom. The summed E-state index contributed by atoms with van der Waals surface area (Å²) >= 11 is 0. The molecule has 0 amide bonds. The summed E-state index contributed by atoms with van der Waals surface area (Å²) in [5, 5.41) is 11.6. The summed E-state index contributed by atoms with van der Waals surface area (Å²) in [4.78, 5) is 9.36. The molecule has 1 saturated heterocycles. The molecule has 1 N–H and O–H groups in total. The van der Waals surface area contributed by atoms with Crippen LogP contribution in [0.15, 0.2) is 108 Å². The Hall–Kier alpha value is -3.77. The molecule has 2 aromatic heterocycles. The molecule has 0 aliphatic carbocycles. The fraction of sp³-hybridized carbons (Fsp3) is 0.286. The van der Waals surface area contributed by atoms with E-state index in [-0.39, 0.29) is 12.5 Å². The van der Waals surface area contributed by atoms with Crippen molar-refractivity contribution in [3.05, 3.63) is 115 Å². The molecule has 5 heteroatoms. The normalized spacial score (nSPS) is 15.4. The number of nitrogens with zero attached hydrogens (tertiary/aromatic N) is 3. The van der Waals surface area contributed by atoms with Gasteiger partial charge in [0, 0.05) is 62.0 Å². The van der Waals surface area contributed by atoms with Gasteiger partial charge in [0.15, 0.2) is 0 Å². The molecule has 3 aromatic carbocycles. The Morgan fingerprint density at radius 3 is 2.38 bits per heavy atom. The van der Waals surface area contributed by atoms with E-state index in [2.05, 4.69) is 87.6 Å². The highest BCUT2D eigenvalue weighted by Crippen LogP contribution is 2.31. The molecule has 0 bridgehead atoms. The van der Waals surface area contributed by atoms with Crippen molar-refractivity contribution in [3.8, 4) is 22.3 Å². The predicted octanol–water partition coefficient (Wildman–Crippen LogP) is 6.49. The number of piperazine rings is 1. The third-order valence-electron chi connectivity index (χ3n) is 8.22. The average molecular weight is 532 g/mol. The van der Waals surface area contributed by atoms with Gasteiger partial charge in [0.05, 0.1) is 12.9 Å². The highest BCUT2D eigenvalue weighted by atomic mass is 16.3. The van der Waals surface area contributed by atoms with Crippen molar-refractivity contribution in [2.75, 3.05) is 45.9 Å². The Labute approximate surface area is 236 Å². The maximum atomic E-state index is 10.3. The smallest absolute Gasteiger partial charge is 0.134 e. The van der Waals surface area contributed by atoms with Crippen LogP contribution < -0.4 is 0 Å². The summed E-state index contributed by atoms with van der Waals surface area (Å²) in [6.07, 6.45) is 7.76. The number of aromatic nitrogens is 1. The number of aliphatic hydroxyl groups is 1. The van der Waals surface area contributed by atoms with E-state index in [0.29, 0.717) is 0 Å². The second kappa shape index (κ2) is 12.6. The van der Waals surface area contributed by atoms with Gasteiger partial charge in [0.2, 0.25) is 0 Å². The molecule has 5 aromatic rings. The van der Waals surface area contributed by atoms with Gasteiger partial charge in [-0.1, -0.05) is 66.7 Å². The van der Waals surface area contributed by atoms with Crippen LogP contribution in [0.1, 0.15) is 23.5 Å². The van der Waals surface area contributed by atoms with Crippen molar-refractivity contribution >= 4 is 11.0 Å². The standard InChI is InChI=1S/C35H37N3O2/c39-25-31(33-13-5-4-12-32(33)27-8-2-1-3-9-27)24-38-20-18-37(19-21-38)17-7-11-30-26-40-35-15-14-28(22-34(30)35)29-10-6-16-36-23-29/h1-6,8-10,12-16,22-23,26,31,39H,7,11,17-21,24-25H2. The fourth-order valence-electron chi connectivity index (χ4n) is 5.98. The lowest BCUT2D eigenvalue weighted by Gasteiger charge is -2.36. The number of aliphatic hydroxyl groups excluding tert-OH is 1. The number of benzene rings is 3. The molecule has 1 atom stereocenters. The van der Waals surface area contributed by atoms with Gasteiger partial charge in [0.25, 0.3) is 0 Å². The summed E-state index contributed by atoms with van der Waals surface area (Å²) in [6.45, 7) is 6.33. The van der Waals surface area contributed by atoms with Crippen molar-refractivity contribution in [2.24, 2.45) is 0 Å². The molecule has 1 aliphatic rings. The van der Waals surface area contributed by atoms with E-state index in [0.717, 1.165) is 63.3 Å². The Balaban J connectivity index is 1.02. The summed E-state index contributed by atoms with van der Waals surface area (Å²) in [6, 6.07) is 29.5. The number of aryl methyl sites for hydroxylation is 1. The minimum atomic E-state index is 0.105. The first-order chi connectivity index (χ1) is 19.8. The van der Waals surface area contributed by atoms with Gasteiger partial charge in [-0.3, -0.25) is 4.98 Å². The number of rotatable bonds is 10. The highest BCUT2D eigenvalue weighted by molar-refractivity contribution is 5.86. The van der Waals surface area contributed by atoms with Crippen LogP contribution >= 0.6 is 0 Å². The maximum absolute atomic E-state index is 10.3. The topological polar surface area (TPSA) is 52.7 Å². The minimum absolute atomic E-state index is 0.105. The zero-order valence-electron chi connectivity index (χ0n) is 23.0. The van der Waals surface area contributed by atoms with Gasteiger partial charge in [-0.05, 0) is 65.4 Å². The van der Waals surface area contributed by atoms with Crippen LogP contribution in [0, 0.1) is 0 Å². The molecule has 1 fully saturated rings. The maximum Gasteiger partial charge on any atom is 0.134 e. The number of furan rings is 1. The molecule has 1 aliphatic heterocycles. The number of hydrogen-bond donors (Lipinski definition) is 1. The molecule has 5 nitrogen and oxygen atoms in total. The van der Waals surface area contributed by atoms with Gasteiger partial charge in [-0.15, -0.1) is 0 Å². The summed E-state index contributed by atoms with van der Waals surface area (Å²) in [5.41, 5.74) is 8.19. The second-order valence-corrected chi connectivity index (χ2v) is 10.8. The molecule has 1 unspecified atom stereocenters. The zero-order valence-corrected chi connectivity index (χ0v) is 23.0. The van der Waals surface area contributed by atoms with E-state index in [1.54, 1.807) is 6.20 Å². The van der Waals surface area contributed by atoms with Gasteiger partial charge >= 0.3 is 0 Å². The first-order valence-corrected chi connectivity index (χ1v) is 14.4. The van der Waals surface area contributed by atoms with Gasteiger partial charge in [0.1, 0.15) is 5.58 Å². The lowest BCUT2D eigenvalue weighted by atomic mass is 9.90. The van der Waals surface area contributed by atoms with Gasteiger partial charge in [-0.2, -0.15) is 0 Å². The number of hydrogen-bond acceptors (Lipinski definition) is 5. The van der Waals surface area contributed by atoms with Crippen molar-refractivity contribution in [1.82, 2.24) is 14.8 Å². The first-order valence-electron chi connectivity index (χ1n) is 14.4. The Kier molecular flexibility index (Phi) is 8.33. The van der Waals surface area contributed by atoms with E-state index in [1.807, 2.05) is 24.6 Å². The van der Waals surface area contributed by atoms with E-state index in [4.69, 9.17) is 4.42 Å². The molecule has 40 heavy (non-hydrogen) atoms. The predicted molar refractivity (Wildman–Crippen MR) is 162 cm³/mol. The van der Waals surface area contributed by atoms with Gasteiger partial charge in [-0.25, -0.2) is 0 Å². The molecular formula is C35H37N3O2. The molecule has 0 saturated carbocycles. The summed E-state index contributed by atoms with van der Waals surface area (Å²) in [7, 11) is 0. The molecular weight excluding hydrogens is 494 g/mol. The van der Waals surface area contributed by atoms with Crippen molar-refractivity contribution < 1.29 is 9.52 Å². The van der Waals surface area contributed by atoms with E-state index in [9.17, 15) is 5.11 Å². The van der Waals surface area contributed by atoms with Crippen molar-refractivity contribution in [1.29, 1.82) is 0 Å². The largest absolute Gasteiger partial charge is 0.464 e. The number of pyridine rings is 1. The van der Waals surface area contributed by atoms with E-state index in [1.165, 1.54) is 33.2 Å². The lowest BCUT2D eigenvalue weighted by Crippen LogP contribution is -2.48. The average Bonchev–Trinajstić information content (AvgIpc) is 3.43. The van der Waals surface area contributed by atoms with Crippen LogP contribution in [-0.4, -0.2) is 65.8 Å². The monoisotopic (exact) mass is 531 g/mol. The summed E-state index contributed by atoms with van der Waals surface area (Å²) < 4.78 is 5.86. The van der Waals surface area contributed by atoms with Crippen LogP contribution in [0.5, 0.6) is 0 Å². The van der Waals surface area contributed by atoms with Crippen molar-refractivity contribution in [3.63, 3.8) is 0 Å². The lowest BCUT2D eigenvalue weighted by molar-refractivity contribution is 0.116. The molecule has 3 heterocycles. The van der Waals surface area contributed by atoms with E-state index >= 15 is 0 Å². The molecule has 204 valence electrons. The minimum Gasteiger partial charge on any atom is -0.464 e. The second-order valence-electron chi connectivity index (χ2n) is 10.8. The van der Waals surface area contributed by atoms with Crippen LogP contribution in [0.25, 0.3) is 33.2 Å². The molecule has 6 rings (SSSR count). The SMILES string of the molecule is OCC(CN1CCN(CCCc2coc3ccc(-c4cccnc4)cc23)CC1)c1ccccc1-c1ccccc1. The molecule has 0 spiro atoms. The highest BCUT2D eigenvalue weighted by Gasteiger charge is 2.22. The first kappa shape index (κ1) is 26.5. The third kappa shape index (κ3) is 6.02. The third-order valence-corrected chi connectivity index (χ3v) is 8.22. The summed E-state index contributed by atoms with van der Waals surface area (Å²) in [5.74, 6) is 0.105. The quantitative estimate of drug-likeness (QED) is 0.223. The Morgan fingerprint density at radius 2 is 1.57 bits per heavy atom. The van der Waals surface area contributed by atoms with Crippen molar-refractivity contribution in [2.45, 2.75) is 18.8 Å². The van der Waals surface area contributed by atoms with Crippen LogP contribution in [0.2, 0.25) is 0 Å².